The van der Waals surface area contributed by atoms with Crippen LogP contribution in [0, 0.1) is 17.3 Å². The number of fused-ring (bicyclic) bond motifs is 4. The number of benzene rings is 1. The van der Waals surface area contributed by atoms with E-state index in [1.54, 1.807) is 0 Å². The molecule has 1 aromatic carbocycles. The zero-order valence-corrected chi connectivity index (χ0v) is 22.5. The zero-order chi connectivity index (χ0) is 25.3. The normalized spacial score (nSPS) is 41.4. The molecular weight excluding hydrogens is 462 g/mol. The molecule has 5 unspecified atom stereocenters. The van der Waals surface area contributed by atoms with Gasteiger partial charge in [-0.3, -0.25) is 0 Å². The molecule has 1 heterocycles. The van der Waals surface area contributed by atoms with Crippen LogP contribution in [0.5, 0.6) is 0 Å². The molecule has 0 radical (unpaired) electrons. The summed E-state index contributed by atoms with van der Waals surface area (Å²) >= 11 is 0. The van der Waals surface area contributed by atoms with Crippen LogP contribution in [-0.4, -0.2) is 47.0 Å². The van der Waals surface area contributed by atoms with Crippen LogP contribution >= 0.6 is 0 Å². The molecule has 6 atom stereocenters. The molecule has 0 bridgehead atoms. The molecule has 1 aliphatic heterocycles. The molecule has 5 nitrogen and oxygen atoms in total. The molecular formula is C32H45NO4. The summed E-state index contributed by atoms with van der Waals surface area (Å²) in [5.41, 5.74) is 4.47. The lowest BCUT2D eigenvalue weighted by Gasteiger charge is -2.56. The van der Waals surface area contributed by atoms with Gasteiger partial charge < -0.3 is 25.0 Å². The second-order valence-corrected chi connectivity index (χ2v) is 13.5. The van der Waals surface area contributed by atoms with Crippen molar-refractivity contribution < 1.29 is 19.7 Å². The minimum atomic E-state index is -0.833. The third-order valence-electron chi connectivity index (χ3n) is 11.5. The molecule has 7 rings (SSSR count). The number of anilines is 1. The third-order valence-corrected chi connectivity index (χ3v) is 11.5. The first kappa shape index (κ1) is 24.6. The topological polar surface area (TPSA) is 71.0 Å². The van der Waals surface area contributed by atoms with Gasteiger partial charge in [0.25, 0.3) is 0 Å². The van der Waals surface area contributed by atoms with Gasteiger partial charge in [-0.2, -0.15) is 0 Å². The highest BCUT2D eigenvalue weighted by Crippen LogP contribution is 2.65. The number of aliphatic hydroxyl groups excluding tert-OH is 1. The zero-order valence-electron chi connectivity index (χ0n) is 22.5. The second kappa shape index (κ2) is 9.08. The maximum atomic E-state index is 12.1. The Balaban J connectivity index is 1.24. The Morgan fingerprint density at radius 2 is 1.68 bits per heavy atom. The molecule has 0 amide bonds. The van der Waals surface area contributed by atoms with Crippen LogP contribution in [0.4, 0.5) is 5.69 Å². The SMILES string of the molecule is CC12CC(c3ccc(NC4CCCCC4)cc3)C3=C4CCC5(C[C@@]4(O)CCC3C1CCC2O)OCCO5. The average Bonchev–Trinajstić information content (AvgIpc) is 3.47. The van der Waals surface area contributed by atoms with E-state index >= 15 is 0 Å². The Morgan fingerprint density at radius 1 is 0.919 bits per heavy atom. The first-order chi connectivity index (χ1) is 17.9. The summed E-state index contributed by atoms with van der Waals surface area (Å²) in [7, 11) is 0. The fourth-order valence-corrected chi connectivity index (χ4v) is 9.58. The number of hydrogen-bond donors (Lipinski definition) is 3. The van der Waals surface area contributed by atoms with Crippen LogP contribution in [0.25, 0.3) is 0 Å². The van der Waals surface area contributed by atoms with Gasteiger partial charge in [0, 0.05) is 30.5 Å². The van der Waals surface area contributed by atoms with E-state index in [0.29, 0.717) is 37.5 Å². The van der Waals surface area contributed by atoms with Gasteiger partial charge in [0.05, 0.1) is 24.9 Å². The van der Waals surface area contributed by atoms with Crippen LogP contribution in [0.15, 0.2) is 35.4 Å². The number of aliphatic hydroxyl groups is 2. The van der Waals surface area contributed by atoms with E-state index in [1.807, 2.05) is 0 Å². The largest absolute Gasteiger partial charge is 0.393 e. The van der Waals surface area contributed by atoms with E-state index in [0.717, 1.165) is 44.9 Å². The van der Waals surface area contributed by atoms with E-state index < -0.39 is 11.4 Å². The van der Waals surface area contributed by atoms with Gasteiger partial charge in [-0.25, -0.2) is 0 Å². The van der Waals surface area contributed by atoms with E-state index in [9.17, 15) is 10.2 Å². The Kier molecular flexibility index (Phi) is 6.04. The molecule has 3 N–H and O–H groups in total. The summed E-state index contributed by atoms with van der Waals surface area (Å²) in [6, 6.07) is 9.79. The predicted molar refractivity (Wildman–Crippen MR) is 144 cm³/mol. The Hall–Kier alpha value is -1.40. The Labute approximate surface area is 222 Å². The number of rotatable bonds is 3. The number of ether oxygens (including phenoxy) is 2. The summed E-state index contributed by atoms with van der Waals surface area (Å²) in [6.45, 7) is 3.61. The average molecular weight is 508 g/mol. The van der Waals surface area contributed by atoms with Crippen molar-refractivity contribution in [2.24, 2.45) is 17.3 Å². The van der Waals surface area contributed by atoms with Crippen molar-refractivity contribution in [3.8, 4) is 0 Å². The second-order valence-electron chi connectivity index (χ2n) is 13.5. The van der Waals surface area contributed by atoms with Gasteiger partial charge in [0.1, 0.15) is 0 Å². The lowest BCUT2D eigenvalue weighted by molar-refractivity contribution is -0.208. The number of hydrogen-bond acceptors (Lipinski definition) is 5. The number of nitrogens with one attached hydrogen (secondary N) is 1. The summed E-state index contributed by atoms with van der Waals surface area (Å²) in [4.78, 5) is 0. The molecule has 37 heavy (non-hydrogen) atoms. The van der Waals surface area contributed by atoms with Crippen LogP contribution in [0.2, 0.25) is 0 Å². The summed E-state index contributed by atoms with van der Waals surface area (Å²) in [5, 5.41) is 27.1. The molecule has 6 aliphatic rings. The monoisotopic (exact) mass is 507 g/mol. The highest BCUT2D eigenvalue weighted by molar-refractivity contribution is 5.49. The molecule has 4 saturated carbocycles. The first-order valence-corrected chi connectivity index (χ1v) is 15.2. The Morgan fingerprint density at radius 3 is 2.43 bits per heavy atom. The molecule has 5 heteroatoms. The smallest absolute Gasteiger partial charge is 0.171 e. The highest BCUT2D eigenvalue weighted by atomic mass is 16.7. The van der Waals surface area contributed by atoms with E-state index in [4.69, 9.17) is 9.47 Å². The van der Waals surface area contributed by atoms with Crippen molar-refractivity contribution in [2.75, 3.05) is 18.5 Å². The van der Waals surface area contributed by atoms with Gasteiger partial charge in [0.2, 0.25) is 0 Å². The van der Waals surface area contributed by atoms with Crippen LogP contribution in [0.3, 0.4) is 0 Å². The van der Waals surface area contributed by atoms with Crippen molar-refractivity contribution in [1.82, 2.24) is 0 Å². The molecule has 5 fully saturated rings. The van der Waals surface area contributed by atoms with Gasteiger partial charge in [-0.1, -0.05) is 43.9 Å². The maximum Gasteiger partial charge on any atom is 0.171 e. The third kappa shape index (κ3) is 4.02. The van der Waals surface area contributed by atoms with Gasteiger partial charge in [0.15, 0.2) is 5.79 Å². The van der Waals surface area contributed by atoms with Crippen molar-refractivity contribution in [1.29, 1.82) is 0 Å². The van der Waals surface area contributed by atoms with Crippen LogP contribution in [0.1, 0.15) is 102 Å². The fourth-order valence-electron chi connectivity index (χ4n) is 9.58. The minimum Gasteiger partial charge on any atom is -0.393 e. The molecule has 0 aromatic heterocycles. The molecule has 1 saturated heterocycles. The van der Waals surface area contributed by atoms with Crippen LogP contribution in [-0.2, 0) is 9.47 Å². The minimum absolute atomic E-state index is 0.0541. The summed E-state index contributed by atoms with van der Waals surface area (Å²) in [6.07, 6.45) is 13.4. The summed E-state index contributed by atoms with van der Waals surface area (Å²) in [5.74, 6) is 0.618. The van der Waals surface area contributed by atoms with E-state index in [2.05, 4.69) is 36.5 Å². The van der Waals surface area contributed by atoms with Crippen molar-refractivity contribution in [3.05, 3.63) is 41.0 Å². The molecule has 1 spiro atoms. The van der Waals surface area contributed by atoms with Crippen LogP contribution < -0.4 is 5.32 Å². The van der Waals surface area contributed by atoms with Crippen molar-refractivity contribution >= 4 is 5.69 Å². The lowest BCUT2D eigenvalue weighted by Crippen LogP contribution is -2.53. The Bertz CT molecular complexity index is 1040. The van der Waals surface area contributed by atoms with E-state index in [1.165, 1.54) is 54.5 Å². The lowest BCUT2D eigenvalue weighted by atomic mass is 9.51. The number of allylic oxidation sites excluding steroid dienone is 1. The first-order valence-electron chi connectivity index (χ1n) is 15.2. The standard InChI is InChI=1S/C32H45NO4/c1-30-19-25(21-7-9-23(10-8-21)33-22-5-3-2-4-6-22)29-24(26(30)11-12-28(30)34)13-15-31(35)20-32(16-14-27(29)31)36-17-18-37-32/h7-10,22,24-26,28,33-35H,2-6,11-20H2,1H3/t24?,25?,26?,28?,30?,31-/m0/s1. The highest BCUT2D eigenvalue weighted by Gasteiger charge is 2.60. The van der Waals surface area contributed by atoms with Crippen molar-refractivity contribution in [2.45, 2.75) is 120 Å². The van der Waals surface area contributed by atoms with Gasteiger partial charge >= 0.3 is 0 Å². The quantitative estimate of drug-likeness (QED) is 0.434. The molecule has 1 aromatic rings. The van der Waals surface area contributed by atoms with E-state index in [-0.39, 0.29) is 17.4 Å². The summed E-state index contributed by atoms with van der Waals surface area (Å²) < 4.78 is 12.1. The van der Waals surface area contributed by atoms with Gasteiger partial charge in [-0.05, 0) is 91.9 Å². The van der Waals surface area contributed by atoms with Crippen molar-refractivity contribution in [3.63, 3.8) is 0 Å². The molecule has 202 valence electrons. The maximum absolute atomic E-state index is 12.1. The predicted octanol–water partition coefficient (Wildman–Crippen LogP) is 6.06. The van der Waals surface area contributed by atoms with Gasteiger partial charge in [-0.15, -0.1) is 0 Å². The molecule has 5 aliphatic carbocycles. The fraction of sp³-hybridized carbons (Fsp3) is 0.750.